The average molecular weight is 980 g/mol. The minimum Gasteiger partial charge on any atom is -0.496 e. The van der Waals surface area contributed by atoms with E-state index in [0.29, 0.717) is 63.5 Å². The number of hydrogen-bond acceptors (Lipinski definition) is 12. The number of methoxy groups -OCH3 is 7. The highest BCUT2D eigenvalue weighted by atomic mass is 16.5. The van der Waals surface area contributed by atoms with E-state index in [1.807, 2.05) is 25.1 Å². The van der Waals surface area contributed by atoms with E-state index in [4.69, 9.17) is 48.2 Å². The molecule has 6 rings (SSSR count). The zero-order valence-electron chi connectivity index (χ0n) is 43.0. The summed E-state index contributed by atoms with van der Waals surface area (Å²) >= 11 is 0. The van der Waals surface area contributed by atoms with Gasteiger partial charge in [0.2, 0.25) is 0 Å². The summed E-state index contributed by atoms with van der Waals surface area (Å²) in [5.74, 6) is 1.97. The number of amides is 1. The first-order valence-corrected chi connectivity index (χ1v) is 23.8. The van der Waals surface area contributed by atoms with Crippen LogP contribution >= 0.6 is 0 Å². The summed E-state index contributed by atoms with van der Waals surface area (Å²) in [7, 11) is 15.5. The topological polar surface area (TPSA) is 183 Å². The molecule has 0 bridgehead atoms. The van der Waals surface area contributed by atoms with Gasteiger partial charge in [-0.2, -0.15) is 0 Å². The number of ether oxygens (including phenoxy) is 9. The first kappa shape index (κ1) is 53.4. The molecule has 4 unspecified atom stereocenters. The van der Waals surface area contributed by atoms with Gasteiger partial charge in [-0.05, 0) is 94.3 Å². The Morgan fingerprint density at radius 3 is 1.75 bits per heavy atom. The maximum atomic E-state index is 13.0. The van der Waals surface area contributed by atoms with Crippen LogP contribution in [0.2, 0.25) is 0 Å². The number of nitrogens with zero attached hydrogens (tertiary/aromatic N) is 5. The highest BCUT2D eigenvalue weighted by Gasteiger charge is 2.43. The van der Waals surface area contributed by atoms with Gasteiger partial charge in [-0.1, -0.05) is 12.1 Å². The molecule has 0 spiro atoms. The van der Waals surface area contributed by atoms with Crippen molar-refractivity contribution in [3.63, 3.8) is 0 Å². The highest BCUT2D eigenvalue weighted by Crippen LogP contribution is 2.47. The number of quaternary nitrogens is 2. The van der Waals surface area contributed by atoms with Crippen LogP contribution in [-0.2, 0) is 44.7 Å². The summed E-state index contributed by atoms with van der Waals surface area (Å²) < 4.78 is 52.2. The average Bonchev–Trinajstić information content (AvgIpc) is 3.37. The van der Waals surface area contributed by atoms with Crippen molar-refractivity contribution in [2.24, 2.45) is 5.11 Å². The quantitative estimate of drug-likeness (QED) is 0.0139. The van der Waals surface area contributed by atoms with Crippen LogP contribution in [0.15, 0.2) is 65.8 Å². The van der Waals surface area contributed by atoms with Crippen molar-refractivity contribution in [2.75, 3.05) is 103 Å². The maximum absolute atomic E-state index is 13.0. The fraction of sp³-hybridized carbons (Fsp3) is 0.463. The van der Waals surface area contributed by atoms with E-state index in [1.54, 1.807) is 41.6 Å². The molecule has 0 aliphatic carbocycles. The van der Waals surface area contributed by atoms with Gasteiger partial charge in [-0.3, -0.25) is 4.79 Å². The van der Waals surface area contributed by atoms with E-state index in [9.17, 15) is 14.4 Å². The number of rotatable bonds is 22. The van der Waals surface area contributed by atoms with Gasteiger partial charge in [0.15, 0.2) is 34.5 Å². The third kappa shape index (κ3) is 12.0. The van der Waals surface area contributed by atoms with Gasteiger partial charge in [0.05, 0.1) is 114 Å². The second-order valence-electron chi connectivity index (χ2n) is 18.6. The SMILES string of the molecule is COc1ccc(CC2c3cc(OC)c(OC)cc3CC[N+]2(C)CCCOC(=O)/C=C\C(=O)OCCC[N+]2(C)CCc3cc(C)c(C)c(OC)c3C2Cc2cc(OC)c(OC)c(C(=O)N=[N+]=[N-])c2)cc1OC. The van der Waals surface area contributed by atoms with E-state index in [-0.39, 0.29) is 36.6 Å². The first-order valence-electron chi connectivity index (χ1n) is 23.8. The lowest BCUT2D eigenvalue weighted by molar-refractivity contribution is -0.941. The molecule has 0 aromatic heterocycles. The van der Waals surface area contributed by atoms with Gasteiger partial charge in [0.25, 0.3) is 5.91 Å². The molecule has 4 aromatic carbocycles. The minimum absolute atomic E-state index is 0.0497. The maximum Gasteiger partial charge on any atom is 0.331 e. The molecule has 1 amide bonds. The Labute approximate surface area is 416 Å². The van der Waals surface area contributed by atoms with Crippen LogP contribution in [0.5, 0.6) is 40.2 Å². The molecule has 2 heterocycles. The molecule has 380 valence electrons. The summed E-state index contributed by atoms with van der Waals surface area (Å²) in [6, 6.07) is 15.8. The molecule has 71 heavy (non-hydrogen) atoms. The van der Waals surface area contributed by atoms with Crippen LogP contribution in [0.25, 0.3) is 10.4 Å². The third-order valence-corrected chi connectivity index (χ3v) is 14.4. The Morgan fingerprint density at radius 2 is 1.17 bits per heavy atom. The largest absolute Gasteiger partial charge is 0.496 e. The van der Waals surface area contributed by atoms with Crippen molar-refractivity contribution >= 4 is 17.8 Å². The standard InChI is InChI=1S/C54H69N5O12/c1-34-26-39-19-23-59(4,43(51(39)52(68-10)35(34)2)29-37-27-41(54(62)56-57-55)53(69-11)48(31-37)67-9)21-13-25-71-50(61)17-16-49(60)70-24-12-20-58(3)22-18-38-32-46(65-7)47(66-8)33-40(38)42(58)28-36-14-15-44(63-5)45(30-36)64-6/h14-17,26-27,30-33,42-43H,12-13,18-25,28-29H2,1-11H3/q+2/b17-16-. The lowest BCUT2D eigenvalue weighted by Crippen LogP contribution is -2.53. The Bertz CT molecular complexity index is 2680. The Morgan fingerprint density at radius 1 is 0.634 bits per heavy atom. The van der Waals surface area contributed by atoms with Gasteiger partial charge < -0.3 is 51.6 Å². The van der Waals surface area contributed by atoms with Crippen LogP contribution in [-0.4, -0.2) is 130 Å². The predicted molar refractivity (Wildman–Crippen MR) is 267 cm³/mol. The van der Waals surface area contributed by atoms with Crippen LogP contribution in [0, 0.1) is 13.8 Å². The first-order chi connectivity index (χ1) is 34.1. The van der Waals surface area contributed by atoms with Gasteiger partial charge in [0.1, 0.15) is 17.8 Å². The lowest BCUT2D eigenvalue weighted by atomic mass is 9.83. The number of carbonyl (C=O) groups excluding carboxylic acids is 3. The summed E-state index contributed by atoms with van der Waals surface area (Å²) in [5.41, 5.74) is 17.9. The Kier molecular flexibility index (Phi) is 17.9. The molecule has 2 aliphatic rings. The zero-order chi connectivity index (χ0) is 51.5. The Hall–Kier alpha value is -6.94. The van der Waals surface area contributed by atoms with Crippen LogP contribution in [0.1, 0.15) is 79.8 Å². The highest BCUT2D eigenvalue weighted by molar-refractivity contribution is 5.98. The van der Waals surface area contributed by atoms with E-state index in [2.05, 4.69) is 55.3 Å². The van der Waals surface area contributed by atoms with Crippen molar-refractivity contribution in [1.82, 2.24) is 0 Å². The van der Waals surface area contributed by atoms with Crippen molar-refractivity contribution in [3.8, 4) is 40.2 Å². The number of esters is 2. The van der Waals surface area contributed by atoms with E-state index < -0.39 is 17.8 Å². The second kappa shape index (κ2) is 23.8. The van der Waals surface area contributed by atoms with Crippen LogP contribution < -0.4 is 33.2 Å². The van der Waals surface area contributed by atoms with Gasteiger partial charge in [0, 0.05) is 61.2 Å². The molecular weight excluding hydrogens is 911 g/mol. The monoisotopic (exact) mass is 979 g/mol. The number of fused-ring (bicyclic) bond motifs is 2. The summed E-state index contributed by atoms with van der Waals surface area (Å²) in [5, 5.41) is 3.33. The van der Waals surface area contributed by atoms with E-state index in [0.717, 1.165) is 84.6 Å². The number of carbonyl (C=O) groups is 3. The van der Waals surface area contributed by atoms with Crippen LogP contribution in [0.4, 0.5) is 0 Å². The van der Waals surface area contributed by atoms with Gasteiger partial charge in [-0.15, -0.1) is 0 Å². The minimum atomic E-state index is -0.782. The van der Waals surface area contributed by atoms with Crippen molar-refractivity contribution in [3.05, 3.63) is 121 Å². The molecule has 17 nitrogen and oxygen atoms in total. The van der Waals surface area contributed by atoms with Gasteiger partial charge >= 0.3 is 11.9 Å². The predicted octanol–water partition coefficient (Wildman–Crippen LogP) is 8.51. The zero-order valence-corrected chi connectivity index (χ0v) is 43.0. The second-order valence-corrected chi connectivity index (χ2v) is 18.6. The molecule has 0 radical (unpaired) electrons. The molecule has 2 aliphatic heterocycles. The molecule has 4 atom stereocenters. The smallest absolute Gasteiger partial charge is 0.331 e. The third-order valence-electron chi connectivity index (χ3n) is 14.4. The number of benzene rings is 4. The van der Waals surface area contributed by atoms with Crippen LogP contribution in [0.3, 0.4) is 0 Å². The molecule has 4 aromatic rings. The van der Waals surface area contributed by atoms with Crippen molar-refractivity contribution < 1.29 is 66.0 Å². The number of hydrogen-bond donors (Lipinski definition) is 0. The van der Waals surface area contributed by atoms with E-state index in [1.165, 1.54) is 30.9 Å². The number of aryl methyl sites for hydroxylation is 1. The molecule has 17 heteroatoms. The molecule has 0 saturated heterocycles. The number of azide groups is 1. The lowest BCUT2D eigenvalue weighted by Gasteiger charge is -2.46. The molecule has 0 saturated carbocycles. The fourth-order valence-electron chi connectivity index (χ4n) is 10.4. The van der Waals surface area contributed by atoms with Crippen molar-refractivity contribution in [1.29, 1.82) is 0 Å². The summed E-state index contributed by atoms with van der Waals surface area (Å²) in [6.45, 7) is 7.43. The molecule has 0 N–H and O–H groups in total. The van der Waals surface area contributed by atoms with Gasteiger partial charge in [-0.25, -0.2) is 9.59 Å². The molecular formula is C54H69N5O12+2. The normalized spacial score (nSPS) is 19.1. The number of likely N-dealkylation sites (N-methyl/N-ethyl adjacent to an activating group) is 2. The summed E-state index contributed by atoms with van der Waals surface area (Å²) in [6.07, 6.45) is 6.18. The van der Waals surface area contributed by atoms with Crippen molar-refractivity contribution in [2.45, 2.75) is 64.5 Å². The fourth-order valence-corrected chi connectivity index (χ4v) is 10.4. The summed E-state index contributed by atoms with van der Waals surface area (Å²) in [4.78, 5) is 41.5. The van der Waals surface area contributed by atoms with E-state index >= 15 is 0 Å². The molecule has 0 fully saturated rings. The Balaban J connectivity index is 1.08.